The molecule has 0 radical (unpaired) electrons. The standard InChI is InChI=1S/C60H50N2O2.C2H6/c1-7-40-18-15-27-49-50-28-17-29-53(60(50)64-58(40)49)62(43-22-12-9-13-23-43)55-35-39(5)47-30-32-51-54(34-38(4)46-31-33-52(55)57(47)56(46)51)61(42-20-10-8-11-21-42)44-24-14-19-41(36-44)48-26-16-25-45(37(2)3)59(48)63-6;1-2/h8-37H,7H2,1-6H3;1-2H3. The Morgan fingerprint density at radius 2 is 1.02 bits per heavy atom. The van der Waals surface area contributed by atoms with Gasteiger partial charge >= 0.3 is 0 Å². The van der Waals surface area contributed by atoms with Gasteiger partial charge in [-0.05, 0) is 130 Å². The van der Waals surface area contributed by atoms with Crippen LogP contribution in [0.2, 0.25) is 0 Å². The maximum Gasteiger partial charge on any atom is 0.159 e. The number of hydrogen-bond donors (Lipinski definition) is 0. The van der Waals surface area contributed by atoms with Crippen LogP contribution in [0.1, 0.15) is 62.8 Å². The van der Waals surface area contributed by atoms with Gasteiger partial charge in [-0.25, -0.2) is 0 Å². The summed E-state index contributed by atoms with van der Waals surface area (Å²) in [4.78, 5) is 4.84. The van der Waals surface area contributed by atoms with Crippen LogP contribution in [0.25, 0.3) is 65.4 Å². The average molecular weight is 861 g/mol. The van der Waals surface area contributed by atoms with Crippen molar-refractivity contribution in [2.75, 3.05) is 16.9 Å². The molecule has 0 atom stereocenters. The highest BCUT2D eigenvalue weighted by Crippen LogP contribution is 2.51. The fourth-order valence-electron chi connectivity index (χ4n) is 10.3. The number of para-hydroxylation sites is 5. The molecular formula is C62H56N2O2. The van der Waals surface area contributed by atoms with E-state index in [9.17, 15) is 0 Å². The molecule has 326 valence electrons. The number of ether oxygens (including phenoxy) is 1. The molecule has 0 saturated carbocycles. The molecule has 0 bridgehead atoms. The van der Waals surface area contributed by atoms with Crippen molar-refractivity contribution in [3.63, 3.8) is 0 Å². The molecule has 11 rings (SSSR count). The van der Waals surface area contributed by atoms with Gasteiger partial charge in [-0.15, -0.1) is 0 Å². The van der Waals surface area contributed by atoms with Crippen molar-refractivity contribution in [1.82, 2.24) is 0 Å². The van der Waals surface area contributed by atoms with E-state index < -0.39 is 0 Å². The fraction of sp³-hybridized carbons (Fsp3) is 0.161. The summed E-state index contributed by atoms with van der Waals surface area (Å²) >= 11 is 0. The molecule has 0 N–H and O–H groups in total. The van der Waals surface area contributed by atoms with E-state index in [1.807, 2.05) is 13.8 Å². The van der Waals surface area contributed by atoms with Gasteiger partial charge in [0.25, 0.3) is 0 Å². The molecule has 11 aromatic rings. The Labute approximate surface area is 388 Å². The molecule has 4 heteroatoms. The zero-order valence-electron chi connectivity index (χ0n) is 39.2. The molecule has 0 aliphatic rings. The minimum absolute atomic E-state index is 0.330. The van der Waals surface area contributed by atoms with Gasteiger partial charge in [-0.2, -0.15) is 0 Å². The molecule has 10 aromatic carbocycles. The number of furan rings is 1. The molecule has 0 spiro atoms. The lowest BCUT2D eigenvalue weighted by atomic mass is 9.88. The summed E-state index contributed by atoms with van der Waals surface area (Å²) in [5, 5.41) is 9.68. The van der Waals surface area contributed by atoms with Gasteiger partial charge in [-0.3, -0.25) is 0 Å². The second-order valence-corrected chi connectivity index (χ2v) is 17.4. The van der Waals surface area contributed by atoms with E-state index in [4.69, 9.17) is 9.15 Å². The molecular weight excluding hydrogens is 805 g/mol. The Bertz CT molecular complexity index is 3530. The van der Waals surface area contributed by atoms with E-state index >= 15 is 0 Å². The molecule has 4 nitrogen and oxygen atoms in total. The predicted octanol–water partition coefficient (Wildman–Crippen LogP) is 18.4. The van der Waals surface area contributed by atoms with Gasteiger partial charge in [0.15, 0.2) is 5.58 Å². The van der Waals surface area contributed by atoms with Crippen LogP contribution < -0.4 is 14.5 Å². The van der Waals surface area contributed by atoms with Crippen LogP contribution in [0.5, 0.6) is 5.75 Å². The Morgan fingerprint density at radius 3 is 1.62 bits per heavy atom. The smallest absolute Gasteiger partial charge is 0.159 e. The Balaban J connectivity index is 0.00000252. The van der Waals surface area contributed by atoms with Crippen LogP contribution in [0.15, 0.2) is 180 Å². The lowest BCUT2D eigenvalue weighted by Gasteiger charge is -2.30. The summed E-state index contributed by atoms with van der Waals surface area (Å²) in [5.41, 5.74) is 15.4. The SMILES string of the molecule is CC.CCc1cccc2c1oc1c(N(c3ccccc3)c3cc(C)c4ccc5c(N(c6ccccc6)c6cccc(-c7cccc(C(C)C)c7OC)c6)cc(C)c6ccc3c4c65)cccc12. The van der Waals surface area contributed by atoms with Crippen LogP contribution in [0.4, 0.5) is 34.1 Å². The number of benzene rings is 10. The van der Waals surface area contributed by atoms with Gasteiger partial charge in [0.1, 0.15) is 11.3 Å². The predicted molar refractivity (Wildman–Crippen MR) is 283 cm³/mol. The summed E-state index contributed by atoms with van der Waals surface area (Å²) in [7, 11) is 1.78. The van der Waals surface area contributed by atoms with Crippen LogP contribution in [0, 0.1) is 13.8 Å². The summed E-state index contributed by atoms with van der Waals surface area (Å²) in [6.45, 7) is 15.1. The quantitative estimate of drug-likeness (QED) is 0.128. The summed E-state index contributed by atoms with van der Waals surface area (Å²) in [5.74, 6) is 1.26. The molecule has 1 heterocycles. The van der Waals surface area contributed by atoms with Crippen molar-refractivity contribution in [3.8, 4) is 16.9 Å². The van der Waals surface area contributed by atoms with E-state index in [2.05, 4.69) is 220 Å². The van der Waals surface area contributed by atoms with E-state index in [-0.39, 0.29) is 0 Å². The number of anilines is 6. The van der Waals surface area contributed by atoms with Crippen molar-refractivity contribution >= 4 is 88.4 Å². The third kappa shape index (κ3) is 6.91. The normalized spacial score (nSPS) is 11.5. The van der Waals surface area contributed by atoms with E-state index in [1.54, 1.807) is 7.11 Å². The monoisotopic (exact) mass is 860 g/mol. The highest BCUT2D eigenvalue weighted by molar-refractivity contribution is 6.29. The van der Waals surface area contributed by atoms with Crippen LogP contribution in [-0.4, -0.2) is 7.11 Å². The van der Waals surface area contributed by atoms with Gasteiger partial charge in [0.05, 0.1) is 24.2 Å². The van der Waals surface area contributed by atoms with Gasteiger partial charge in [0, 0.05) is 44.2 Å². The first-order valence-corrected chi connectivity index (χ1v) is 23.5. The molecule has 0 saturated heterocycles. The first-order chi connectivity index (χ1) is 32.3. The lowest BCUT2D eigenvalue weighted by Crippen LogP contribution is -2.12. The Kier molecular flexibility index (Phi) is 11.2. The zero-order chi connectivity index (χ0) is 45.6. The Hall–Kier alpha value is -7.56. The van der Waals surface area contributed by atoms with Crippen molar-refractivity contribution in [3.05, 3.63) is 198 Å². The molecule has 0 aliphatic heterocycles. The minimum Gasteiger partial charge on any atom is -0.496 e. The molecule has 1 aromatic heterocycles. The zero-order valence-corrected chi connectivity index (χ0v) is 39.2. The number of aryl methyl sites for hydroxylation is 3. The second-order valence-electron chi connectivity index (χ2n) is 17.4. The number of hydrogen-bond acceptors (Lipinski definition) is 4. The summed E-state index contributed by atoms with van der Waals surface area (Å²) in [6, 6.07) is 64.1. The third-order valence-corrected chi connectivity index (χ3v) is 13.3. The van der Waals surface area contributed by atoms with Gasteiger partial charge < -0.3 is 19.0 Å². The van der Waals surface area contributed by atoms with Gasteiger partial charge in [0.2, 0.25) is 0 Å². The topological polar surface area (TPSA) is 28.9 Å². The number of rotatable bonds is 10. The fourth-order valence-corrected chi connectivity index (χ4v) is 10.3. The maximum absolute atomic E-state index is 6.94. The molecule has 0 unspecified atom stereocenters. The summed E-state index contributed by atoms with van der Waals surface area (Å²) in [6.07, 6.45) is 0.901. The van der Waals surface area contributed by atoms with Gasteiger partial charge in [-0.1, -0.05) is 156 Å². The van der Waals surface area contributed by atoms with Crippen LogP contribution >= 0.6 is 0 Å². The average Bonchev–Trinajstić information content (AvgIpc) is 3.76. The van der Waals surface area contributed by atoms with E-state index in [0.29, 0.717) is 5.92 Å². The van der Waals surface area contributed by atoms with Crippen molar-refractivity contribution in [2.45, 2.75) is 60.8 Å². The lowest BCUT2D eigenvalue weighted by molar-refractivity contribution is 0.409. The second kappa shape index (κ2) is 17.4. The van der Waals surface area contributed by atoms with Crippen molar-refractivity contribution < 1.29 is 9.15 Å². The molecule has 0 aliphatic carbocycles. The molecule has 0 fully saturated rings. The molecule has 66 heavy (non-hydrogen) atoms. The van der Waals surface area contributed by atoms with Crippen molar-refractivity contribution in [2.24, 2.45) is 0 Å². The first kappa shape index (κ1) is 42.4. The number of nitrogens with zero attached hydrogens (tertiary/aromatic N) is 2. The minimum atomic E-state index is 0.330. The Morgan fingerprint density at radius 1 is 0.485 bits per heavy atom. The molecule has 0 amide bonds. The number of fused-ring (bicyclic) bond motifs is 3. The van der Waals surface area contributed by atoms with Crippen LogP contribution in [0.3, 0.4) is 0 Å². The highest BCUT2D eigenvalue weighted by atomic mass is 16.5. The third-order valence-electron chi connectivity index (χ3n) is 13.3. The van der Waals surface area contributed by atoms with E-state index in [0.717, 1.165) is 79.4 Å². The first-order valence-electron chi connectivity index (χ1n) is 23.5. The van der Waals surface area contributed by atoms with Crippen LogP contribution in [-0.2, 0) is 6.42 Å². The highest BCUT2D eigenvalue weighted by Gasteiger charge is 2.26. The number of methoxy groups -OCH3 is 1. The van der Waals surface area contributed by atoms with Crippen molar-refractivity contribution in [1.29, 1.82) is 0 Å². The largest absolute Gasteiger partial charge is 0.496 e. The summed E-state index contributed by atoms with van der Waals surface area (Å²) < 4.78 is 13.1. The maximum atomic E-state index is 6.94. The van der Waals surface area contributed by atoms with E-state index in [1.165, 1.54) is 54.6 Å².